The Balaban J connectivity index is 3.02. The highest BCUT2D eigenvalue weighted by Crippen LogP contribution is 1.97. The quantitative estimate of drug-likeness (QED) is 0.556. The Morgan fingerprint density at radius 3 is 2.75 bits per heavy atom. The van der Waals surface area contributed by atoms with Crippen LogP contribution in [0, 0.1) is 11.3 Å². The minimum atomic E-state index is -0.741. The Hall–Kier alpha value is -0.550. The Bertz CT molecular complexity index is 85.0. The number of hydrogen-bond acceptors (Lipinski definition) is 2. The summed E-state index contributed by atoms with van der Waals surface area (Å²) >= 11 is 0. The number of nitrogens with zero attached hydrogens (tertiary/aromatic N) is 1. The molecule has 0 heterocycles. The number of rotatable bonds is 3. The van der Waals surface area contributed by atoms with Crippen molar-refractivity contribution in [3.8, 4) is 6.07 Å². The first kappa shape index (κ1) is 7.45. The van der Waals surface area contributed by atoms with Crippen molar-refractivity contribution in [2.24, 2.45) is 0 Å². The molecule has 0 aliphatic rings. The molecule has 8 heavy (non-hydrogen) atoms. The van der Waals surface area contributed by atoms with Gasteiger partial charge in [-0.25, -0.2) is 0 Å². The summed E-state index contributed by atoms with van der Waals surface area (Å²) in [5, 5.41) is 16.7. The molecule has 0 aliphatic carbocycles. The van der Waals surface area contributed by atoms with Gasteiger partial charge in [-0.2, -0.15) is 5.26 Å². The zero-order chi connectivity index (χ0) is 6.41. The fourth-order valence-corrected chi connectivity index (χ4v) is 0.462. The molecular weight excluding hydrogens is 102 g/mol. The van der Waals surface area contributed by atoms with Crippen LogP contribution in [-0.2, 0) is 0 Å². The lowest BCUT2D eigenvalue weighted by Gasteiger charge is -1.95. The van der Waals surface area contributed by atoms with Crippen LogP contribution < -0.4 is 0 Å². The average molecular weight is 113 g/mol. The van der Waals surface area contributed by atoms with Crippen molar-refractivity contribution in [3.05, 3.63) is 0 Å². The molecule has 0 saturated heterocycles. The van der Waals surface area contributed by atoms with Gasteiger partial charge >= 0.3 is 0 Å². The van der Waals surface area contributed by atoms with Crippen molar-refractivity contribution in [2.45, 2.75) is 32.3 Å². The first-order valence-electron chi connectivity index (χ1n) is 2.89. The summed E-state index contributed by atoms with van der Waals surface area (Å²) in [5.41, 5.74) is 0. The lowest BCUT2D eigenvalue weighted by atomic mass is 10.2. The van der Waals surface area contributed by atoms with Gasteiger partial charge in [0, 0.05) is 0 Å². The van der Waals surface area contributed by atoms with E-state index in [1.54, 1.807) is 6.07 Å². The van der Waals surface area contributed by atoms with Crippen LogP contribution in [0.5, 0.6) is 0 Å². The Morgan fingerprint density at radius 2 is 2.38 bits per heavy atom. The van der Waals surface area contributed by atoms with Crippen molar-refractivity contribution in [2.75, 3.05) is 0 Å². The second-order valence-electron chi connectivity index (χ2n) is 1.79. The number of aliphatic hydroxyl groups excluding tert-OH is 1. The maximum absolute atomic E-state index is 8.63. The van der Waals surface area contributed by atoms with Gasteiger partial charge in [0.25, 0.3) is 0 Å². The molecule has 0 aliphatic heterocycles. The third kappa shape index (κ3) is 3.63. The highest BCUT2D eigenvalue weighted by molar-refractivity contribution is 4.80. The Morgan fingerprint density at radius 1 is 1.75 bits per heavy atom. The van der Waals surface area contributed by atoms with E-state index in [1.807, 2.05) is 6.92 Å². The average Bonchev–Trinajstić information content (AvgIpc) is 1.83. The molecule has 0 fully saturated rings. The minimum Gasteiger partial charge on any atom is -0.378 e. The fourth-order valence-electron chi connectivity index (χ4n) is 0.462. The molecule has 0 aromatic carbocycles. The monoisotopic (exact) mass is 113 g/mol. The standard InChI is InChI=1S/C6H11NO/c1-2-3-4-6(8)5-7/h6,8H,2-4H2,1H3. The van der Waals surface area contributed by atoms with Crippen molar-refractivity contribution in [3.63, 3.8) is 0 Å². The lowest BCUT2D eigenvalue weighted by molar-refractivity contribution is 0.216. The second kappa shape index (κ2) is 4.61. The van der Waals surface area contributed by atoms with Gasteiger partial charge in [0.15, 0.2) is 0 Å². The molecule has 2 heteroatoms. The van der Waals surface area contributed by atoms with Crippen LogP contribution in [0.4, 0.5) is 0 Å². The third-order valence-electron chi connectivity index (χ3n) is 0.980. The van der Waals surface area contributed by atoms with Crippen LogP contribution in [-0.4, -0.2) is 11.2 Å². The molecule has 0 amide bonds. The van der Waals surface area contributed by atoms with Gasteiger partial charge < -0.3 is 5.11 Å². The second-order valence-corrected chi connectivity index (χ2v) is 1.79. The summed E-state index contributed by atoms with van der Waals surface area (Å²) in [6.07, 6.45) is 1.86. The predicted molar refractivity (Wildman–Crippen MR) is 31.1 cm³/mol. The molecule has 0 aromatic heterocycles. The van der Waals surface area contributed by atoms with E-state index in [9.17, 15) is 0 Å². The minimum absolute atomic E-state index is 0.618. The maximum Gasteiger partial charge on any atom is 0.140 e. The zero-order valence-electron chi connectivity index (χ0n) is 5.09. The number of hydrogen-bond donors (Lipinski definition) is 1. The van der Waals surface area contributed by atoms with Gasteiger partial charge in [0.1, 0.15) is 6.10 Å². The van der Waals surface area contributed by atoms with Crippen LogP contribution in [0.25, 0.3) is 0 Å². The topological polar surface area (TPSA) is 44.0 Å². The van der Waals surface area contributed by atoms with E-state index in [-0.39, 0.29) is 0 Å². The summed E-state index contributed by atoms with van der Waals surface area (Å²) in [6.45, 7) is 2.03. The molecule has 1 unspecified atom stereocenters. The summed E-state index contributed by atoms with van der Waals surface area (Å²) in [7, 11) is 0. The SMILES string of the molecule is CCCCC(O)C#N. The van der Waals surface area contributed by atoms with Gasteiger partial charge in [-0.15, -0.1) is 0 Å². The molecule has 1 atom stereocenters. The van der Waals surface area contributed by atoms with Gasteiger partial charge in [0.05, 0.1) is 6.07 Å². The number of aliphatic hydroxyl groups is 1. The van der Waals surface area contributed by atoms with Gasteiger partial charge in [-0.3, -0.25) is 0 Å². The molecule has 0 radical (unpaired) electrons. The summed E-state index contributed by atoms with van der Waals surface area (Å²) in [4.78, 5) is 0. The van der Waals surface area contributed by atoms with E-state index in [0.29, 0.717) is 6.42 Å². The largest absolute Gasteiger partial charge is 0.378 e. The molecule has 1 N–H and O–H groups in total. The third-order valence-corrected chi connectivity index (χ3v) is 0.980. The highest BCUT2D eigenvalue weighted by Gasteiger charge is 1.96. The van der Waals surface area contributed by atoms with E-state index in [2.05, 4.69) is 0 Å². The number of nitriles is 1. The fraction of sp³-hybridized carbons (Fsp3) is 0.833. The van der Waals surface area contributed by atoms with E-state index < -0.39 is 6.10 Å². The van der Waals surface area contributed by atoms with Gasteiger partial charge in [-0.1, -0.05) is 19.8 Å². The lowest BCUT2D eigenvalue weighted by Crippen LogP contribution is -2.00. The van der Waals surface area contributed by atoms with E-state index in [1.165, 1.54) is 0 Å². The van der Waals surface area contributed by atoms with Crippen LogP contribution in [0.2, 0.25) is 0 Å². The van der Waals surface area contributed by atoms with Crippen LogP contribution in [0.15, 0.2) is 0 Å². The first-order valence-corrected chi connectivity index (χ1v) is 2.89. The molecule has 0 spiro atoms. The summed E-state index contributed by atoms with van der Waals surface area (Å²) in [6, 6.07) is 1.76. The van der Waals surface area contributed by atoms with Gasteiger partial charge in [0.2, 0.25) is 0 Å². The van der Waals surface area contributed by atoms with E-state index in [0.717, 1.165) is 12.8 Å². The van der Waals surface area contributed by atoms with Crippen molar-refractivity contribution < 1.29 is 5.11 Å². The highest BCUT2D eigenvalue weighted by atomic mass is 16.3. The molecule has 0 rings (SSSR count). The number of unbranched alkanes of at least 4 members (excludes halogenated alkanes) is 1. The van der Waals surface area contributed by atoms with Crippen LogP contribution in [0.1, 0.15) is 26.2 Å². The predicted octanol–water partition coefficient (Wildman–Crippen LogP) is 1.06. The van der Waals surface area contributed by atoms with E-state index in [4.69, 9.17) is 10.4 Å². The summed E-state index contributed by atoms with van der Waals surface area (Å²) in [5.74, 6) is 0. The molecule has 2 nitrogen and oxygen atoms in total. The van der Waals surface area contributed by atoms with Crippen molar-refractivity contribution >= 4 is 0 Å². The Kier molecular flexibility index (Phi) is 4.29. The maximum atomic E-state index is 8.63. The normalized spacial score (nSPS) is 12.6. The van der Waals surface area contributed by atoms with Crippen LogP contribution >= 0.6 is 0 Å². The molecular formula is C6H11NO. The summed E-state index contributed by atoms with van der Waals surface area (Å²) < 4.78 is 0. The zero-order valence-corrected chi connectivity index (χ0v) is 5.09. The molecule has 0 aromatic rings. The van der Waals surface area contributed by atoms with Gasteiger partial charge in [-0.05, 0) is 6.42 Å². The first-order chi connectivity index (χ1) is 3.81. The van der Waals surface area contributed by atoms with Crippen molar-refractivity contribution in [1.82, 2.24) is 0 Å². The Labute approximate surface area is 49.8 Å². The molecule has 0 saturated carbocycles. The molecule has 0 bridgehead atoms. The van der Waals surface area contributed by atoms with Crippen molar-refractivity contribution in [1.29, 1.82) is 5.26 Å². The van der Waals surface area contributed by atoms with E-state index >= 15 is 0 Å². The van der Waals surface area contributed by atoms with Crippen LogP contribution in [0.3, 0.4) is 0 Å². The smallest absolute Gasteiger partial charge is 0.140 e. The molecule has 46 valence electrons.